The minimum absolute atomic E-state index is 0.0275. The van der Waals surface area contributed by atoms with Gasteiger partial charge in [-0.25, -0.2) is 4.98 Å². The van der Waals surface area contributed by atoms with Gasteiger partial charge in [-0.05, 0) is 77.8 Å². The molecule has 3 aromatic carbocycles. The van der Waals surface area contributed by atoms with Gasteiger partial charge in [-0.1, -0.05) is 76.8 Å². The molecule has 2 aliphatic carbocycles. The molecule has 6 atom stereocenters. The number of nitrogens with one attached hydrogen (secondary N) is 1. The molecule has 3 heterocycles. The number of aromatic hydroxyl groups is 1. The van der Waals surface area contributed by atoms with Crippen molar-refractivity contribution in [2.75, 3.05) is 10.3 Å². The summed E-state index contributed by atoms with van der Waals surface area (Å²) in [5.74, 6) is -8.50. The quantitative estimate of drug-likeness (QED) is 0.110. The Balaban J connectivity index is 1.30. The molecular weight excluding hydrogens is 799 g/mol. The summed E-state index contributed by atoms with van der Waals surface area (Å²) in [5, 5.41) is 30.5. The standard InChI is InChI=1S/C38H27BCl3F3N4O7/c40-20-6-4-17(5-7-20)37-27(34(52)49(36(37)54)47-32-29(42)12-18(16-46-32)38(43,44)45)15-26-23(31(37)24-9-8-22(50)14-28(24)41)10-11-25-30(26)35(53)48(33(25)51)21-3-1-2-19(13-21)39(55)56/h1-10,12-14,16,25-27,30-31,50,55-56H,11,15H2,(H,46,47). The average molecular weight is 826 g/mol. The number of nitrogens with zero attached hydrogens (tertiary/aromatic N) is 3. The molecule has 18 heteroatoms. The van der Waals surface area contributed by atoms with Gasteiger partial charge in [-0.15, -0.1) is 0 Å². The second-order valence-corrected chi connectivity index (χ2v) is 15.4. The van der Waals surface area contributed by atoms with Gasteiger partial charge in [0.05, 0.1) is 39.4 Å². The van der Waals surface area contributed by atoms with Crippen molar-refractivity contribution in [1.29, 1.82) is 0 Å². The summed E-state index contributed by atoms with van der Waals surface area (Å²) in [5.41, 5.74) is 0.912. The van der Waals surface area contributed by atoms with E-state index in [1.54, 1.807) is 18.2 Å². The summed E-state index contributed by atoms with van der Waals surface area (Å²) >= 11 is 19.4. The van der Waals surface area contributed by atoms with Crippen molar-refractivity contribution >= 4 is 82.5 Å². The third kappa shape index (κ3) is 5.78. The van der Waals surface area contributed by atoms with E-state index in [0.29, 0.717) is 39.0 Å². The normalized spacial score (nSPS) is 25.9. The Morgan fingerprint density at radius 3 is 2.27 bits per heavy atom. The molecule has 2 aliphatic heterocycles. The van der Waals surface area contributed by atoms with E-state index in [2.05, 4.69) is 10.4 Å². The van der Waals surface area contributed by atoms with Crippen LogP contribution in [0.3, 0.4) is 0 Å². The number of alkyl halides is 3. The van der Waals surface area contributed by atoms with Gasteiger partial charge in [0.25, 0.3) is 11.8 Å². The number of rotatable bonds is 6. The number of carbonyl (C=O) groups excluding carboxylic acids is 4. The Morgan fingerprint density at radius 2 is 1.61 bits per heavy atom. The predicted octanol–water partition coefficient (Wildman–Crippen LogP) is 5.64. The maximum Gasteiger partial charge on any atom is 0.488 e. The number of phenolic OH excluding ortho intramolecular Hbond substituents is 1. The minimum Gasteiger partial charge on any atom is -0.508 e. The number of hydrogen-bond donors (Lipinski definition) is 4. The van der Waals surface area contributed by atoms with Crippen molar-refractivity contribution in [2.45, 2.75) is 30.4 Å². The zero-order valence-corrected chi connectivity index (χ0v) is 30.8. The molecule has 6 unspecified atom stereocenters. The lowest BCUT2D eigenvalue weighted by Gasteiger charge is -2.50. The molecular formula is C38H27BCl3F3N4O7. The van der Waals surface area contributed by atoms with E-state index in [9.17, 15) is 42.7 Å². The topological polar surface area (TPSA) is 160 Å². The molecule has 11 nitrogen and oxygen atoms in total. The number of allylic oxidation sites excluding steroid dienone is 2. The number of benzene rings is 3. The van der Waals surface area contributed by atoms with E-state index in [4.69, 9.17) is 34.8 Å². The van der Waals surface area contributed by atoms with Crippen LogP contribution in [-0.4, -0.2) is 55.9 Å². The summed E-state index contributed by atoms with van der Waals surface area (Å²) in [6, 6.07) is 16.7. The first kappa shape index (κ1) is 38.0. The zero-order valence-electron chi connectivity index (χ0n) is 28.5. The summed E-state index contributed by atoms with van der Waals surface area (Å²) in [7, 11) is -1.87. The highest BCUT2D eigenvalue weighted by atomic mass is 35.5. The van der Waals surface area contributed by atoms with Crippen LogP contribution in [0.2, 0.25) is 15.1 Å². The van der Waals surface area contributed by atoms with E-state index in [1.165, 1.54) is 54.6 Å². The largest absolute Gasteiger partial charge is 0.508 e. The number of hydrazine groups is 1. The number of fused-ring (bicyclic) bond motifs is 4. The van der Waals surface area contributed by atoms with Crippen molar-refractivity contribution in [1.82, 2.24) is 9.99 Å². The highest BCUT2D eigenvalue weighted by molar-refractivity contribution is 6.58. The second kappa shape index (κ2) is 13.6. The molecule has 2 saturated heterocycles. The molecule has 4 amide bonds. The fraction of sp³-hybridized carbons (Fsp3) is 0.237. The first-order valence-corrected chi connectivity index (χ1v) is 18.3. The summed E-state index contributed by atoms with van der Waals surface area (Å²) in [6.07, 6.45) is -2.58. The van der Waals surface area contributed by atoms with Crippen molar-refractivity contribution < 1.29 is 47.5 Å². The number of imide groups is 2. The van der Waals surface area contributed by atoms with Crippen molar-refractivity contribution in [3.63, 3.8) is 0 Å². The summed E-state index contributed by atoms with van der Waals surface area (Å²) < 4.78 is 40.4. The van der Waals surface area contributed by atoms with Gasteiger partial charge in [0, 0.05) is 22.2 Å². The predicted molar refractivity (Wildman–Crippen MR) is 199 cm³/mol. The fourth-order valence-electron chi connectivity index (χ4n) is 8.96. The first-order valence-electron chi connectivity index (χ1n) is 17.2. The molecule has 4 N–H and O–H groups in total. The summed E-state index contributed by atoms with van der Waals surface area (Å²) in [4.78, 5) is 63.4. The molecule has 3 fully saturated rings. The van der Waals surface area contributed by atoms with Gasteiger partial charge in [0.2, 0.25) is 11.8 Å². The Morgan fingerprint density at radius 1 is 0.875 bits per heavy atom. The number of hydrogen-bond acceptors (Lipinski definition) is 9. The number of halogens is 6. The van der Waals surface area contributed by atoms with Crippen molar-refractivity contribution in [3.8, 4) is 5.75 Å². The van der Waals surface area contributed by atoms with Gasteiger partial charge < -0.3 is 15.2 Å². The van der Waals surface area contributed by atoms with Gasteiger partial charge in [0.1, 0.15) is 5.75 Å². The zero-order chi connectivity index (χ0) is 40.0. The molecule has 56 heavy (non-hydrogen) atoms. The average Bonchev–Trinajstić information content (AvgIpc) is 3.53. The van der Waals surface area contributed by atoms with Gasteiger partial charge in [0.15, 0.2) is 5.82 Å². The van der Waals surface area contributed by atoms with Crippen LogP contribution < -0.4 is 15.8 Å². The molecule has 0 radical (unpaired) electrons. The fourth-order valence-corrected chi connectivity index (χ4v) is 9.57. The summed E-state index contributed by atoms with van der Waals surface area (Å²) in [6.45, 7) is 0. The van der Waals surface area contributed by atoms with Gasteiger partial charge in [-0.2, -0.15) is 18.2 Å². The Kier molecular flexibility index (Phi) is 9.24. The highest BCUT2D eigenvalue weighted by Gasteiger charge is 2.70. The van der Waals surface area contributed by atoms with Gasteiger partial charge >= 0.3 is 13.3 Å². The number of pyridine rings is 1. The highest BCUT2D eigenvalue weighted by Crippen LogP contribution is 2.65. The van der Waals surface area contributed by atoms with E-state index in [-0.39, 0.29) is 34.8 Å². The lowest BCUT2D eigenvalue weighted by molar-refractivity contribution is -0.139. The van der Waals surface area contributed by atoms with E-state index in [1.807, 2.05) is 0 Å². The van der Waals surface area contributed by atoms with Crippen molar-refractivity contribution in [3.05, 3.63) is 122 Å². The van der Waals surface area contributed by atoms with Crippen LogP contribution in [0, 0.1) is 23.7 Å². The Labute approximate surface area is 331 Å². The van der Waals surface area contributed by atoms with Gasteiger partial charge in [-0.3, -0.25) is 29.5 Å². The molecule has 0 spiro atoms. The van der Waals surface area contributed by atoms with Crippen LogP contribution in [0.5, 0.6) is 5.75 Å². The molecule has 286 valence electrons. The molecule has 1 aromatic heterocycles. The van der Waals surface area contributed by atoms with Crippen LogP contribution >= 0.6 is 34.8 Å². The number of phenols is 1. The molecule has 4 aliphatic rings. The van der Waals surface area contributed by atoms with Crippen LogP contribution in [0.1, 0.15) is 35.4 Å². The molecule has 8 rings (SSSR count). The maximum atomic E-state index is 15.3. The second-order valence-electron chi connectivity index (χ2n) is 14.1. The minimum atomic E-state index is -4.78. The smallest absolute Gasteiger partial charge is 0.488 e. The van der Waals surface area contributed by atoms with Crippen LogP contribution in [0.4, 0.5) is 24.7 Å². The van der Waals surface area contributed by atoms with Crippen LogP contribution in [0.15, 0.2) is 90.6 Å². The van der Waals surface area contributed by atoms with E-state index in [0.717, 1.165) is 4.90 Å². The van der Waals surface area contributed by atoms with E-state index >= 15 is 4.79 Å². The lowest BCUT2D eigenvalue weighted by Crippen LogP contribution is -2.53. The Hall–Kier alpha value is -4.93. The number of aromatic nitrogens is 1. The Bertz CT molecular complexity index is 2380. The third-order valence-electron chi connectivity index (χ3n) is 11.3. The SMILES string of the molecule is O=C1C2CC3C(=CCC4C(=O)N(c5cccc(B(O)O)c5)C(=O)C43)C(c3ccc(O)cc3Cl)C2(c2ccc(Cl)cc2)C(=O)N1Nc1ncc(C(F)(F)F)cc1Cl. The first-order chi connectivity index (χ1) is 26.5. The third-order valence-corrected chi connectivity index (χ3v) is 12.1. The number of amides is 4. The lowest BCUT2D eigenvalue weighted by atomic mass is 9.49. The number of anilines is 2. The molecule has 0 bridgehead atoms. The number of carbonyl (C=O) groups is 4. The monoisotopic (exact) mass is 824 g/mol. The van der Waals surface area contributed by atoms with Crippen molar-refractivity contribution in [2.24, 2.45) is 23.7 Å². The van der Waals surface area contributed by atoms with E-state index < -0.39 is 88.3 Å². The maximum absolute atomic E-state index is 15.3. The molecule has 1 saturated carbocycles. The van der Waals surface area contributed by atoms with Crippen LogP contribution in [-0.2, 0) is 30.8 Å². The van der Waals surface area contributed by atoms with Crippen LogP contribution in [0.25, 0.3) is 0 Å². The molecule has 4 aromatic rings.